The van der Waals surface area contributed by atoms with Crippen molar-refractivity contribution in [2.24, 2.45) is 0 Å². The average molecular weight is 118 g/mol. The molecule has 2 nitrogen and oxygen atoms in total. The Kier molecular flexibility index (Phi) is 21.1. The molecule has 0 aliphatic heterocycles. The molecule has 44 valence electrons. The van der Waals surface area contributed by atoms with E-state index in [1.807, 2.05) is 0 Å². The molecule has 0 saturated carbocycles. The highest BCUT2D eigenvalue weighted by atomic mass is 19.1. The molecule has 0 rings (SSSR count). The van der Waals surface area contributed by atoms with Crippen molar-refractivity contribution in [3.05, 3.63) is 0 Å². The van der Waals surface area contributed by atoms with E-state index in [2.05, 4.69) is 0 Å². The van der Waals surface area contributed by atoms with Crippen LogP contribution in [0.2, 0.25) is 0 Å². The fourth-order valence-electron chi connectivity index (χ4n) is 0. The fraction of sp³-hybridized carbons (Fsp3) is 0.500. The minimum absolute atomic E-state index is 0.875. The number of nitrogens with zero attached hydrogens (tertiary/aromatic N) is 2. The van der Waals surface area contributed by atoms with Gasteiger partial charge in [-0.25, -0.2) is 8.78 Å². The van der Waals surface area contributed by atoms with Crippen molar-refractivity contribution in [3.8, 4) is 12.1 Å². The van der Waals surface area contributed by atoms with Crippen LogP contribution in [-0.2, 0) is 0 Å². The zero-order chi connectivity index (χ0) is 6.83. The van der Waals surface area contributed by atoms with Gasteiger partial charge in [0.1, 0.15) is 0 Å². The highest BCUT2D eigenvalue weighted by Crippen LogP contribution is 1.51. The number of alkyl halides is 2. The third-order valence-electron chi connectivity index (χ3n) is 0.120. The van der Waals surface area contributed by atoms with Crippen LogP contribution in [0.3, 0.4) is 0 Å². The van der Waals surface area contributed by atoms with Crippen LogP contribution < -0.4 is 0 Å². The van der Waals surface area contributed by atoms with E-state index < -0.39 is 13.3 Å². The lowest BCUT2D eigenvalue weighted by Crippen LogP contribution is -1.50. The maximum Gasteiger partial charge on any atom is 0.176 e. The first-order chi connectivity index (χ1) is 3.83. The van der Waals surface area contributed by atoms with E-state index in [4.69, 9.17) is 10.5 Å². The summed E-state index contributed by atoms with van der Waals surface area (Å²) in [7, 11) is 0. The minimum Gasteiger partial charge on any atom is -0.235 e. The van der Waals surface area contributed by atoms with Crippen LogP contribution in [0, 0.1) is 22.7 Å². The lowest BCUT2D eigenvalue weighted by atomic mass is 10.9. The SMILES string of the molecule is N#CCF.N#CCF. The largest absolute Gasteiger partial charge is 0.235 e. The molecule has 0 bridgehead atoms. The van der Waals surface area contributed by atoms with Gasteiger partial charge in [0.15, 0.2) is 13.3 Å². The molecule has 0 aliphatic carbocycles. The number of halogens is 2. The molecule has 0 amide bonds. The van der Waals surface area contributed by atoms with Gasteiger partial charge in [-0.1, -0.05) is 0 Å². The van der Waals surface area contributed by atoms with E-state index in [1.165, 1.54) is 12.1 Å². The standard InChI is InChI=1S/2C2H2FN/c2*3-1-2-4/h2*1H2. The number of rotatable bonds is 0. The van der Waals surface area contributed by atoms with Gasteiger partial charge in [-0.05, 0) is 0 Å². The molecule has 4 heteroatoms. The summed E-state index contributed by atoms with van der Waals surface area (Å²) in [5.41, 5.74) is 0. The Morgan fingerprint density at radius 1 is 1.00 bits per heavy atom. The molecule has 0 aromatic heterocycles. The van der Waals surface area contributed by atoms with Gasteiger partial charge in [0, 0.05) is 0 Å². The maximum atomic E-state index is 10.4. The maximum absolute atomic E-state index is 10.4. The van der Waals surface area contributed by atoms with Crippen LogP contribution >= 0.6 is 0 Å². The molecule has 8 heavy (non-hydrogen) atoms. The summed E-state index contributed by atoms with van der Waals surface area (Å²) in [6.07, 6.45) is 0. The molecule has 0 fully saturated rings. The zero-order valence-electron chi connectivity index (χ0n) is 4.06. The Balaban J connectivity index is 0. The van der Waals surface area contributed by atoms with Crippen molar-refractivity contribution in [3.63, 3.8) is 0 Å². The zero-order valence-corrected chi connectivity index (χ0v) is 4.06. The summed E-state index contributed by atoms with van der Waals surface area (Å²) in [5.74, 6) is 0. The van der Waals surface area contributed by atoms with Crippen LogP contribution in [0.25, 0.3) is 0 Å². The van der Waals surface area contributed by atoms with Crippen molar-refractivity contribution >= 4 is 0 Å². The molecule has 0 radical (unpaired) electrons. The molecule has 0 aromatic carbocycles. The Morgan fingerprint density at radius 2 is 1.12 bits per heavy atom. The Bertz CT molecular complexity index is 85.6. The normalized spacial score (nSPS) is 5.00. The van der Waals surface area contributed by atoms with Crippen LogP contribution in [-0.4, -0.2) is 13.3 Å². The van der Waals surface area contributed by atoms with E-state index >= 15 is 0 Å². The summed E-state index contributed by atoms with van der Waals surface area (Å²) in [4.78, 5) is 0. The molecule has 0 saturated heterocycles. The Hall–Kier alpha value is -1.16. The van der Waals surface area contributed by atoms with E-state index in [9.17, 15) is 8.78 Å². The quantitative estimate of drug-likeness (QED) is 0.475. The van der Waals surface area contributed by atoms with Gasteiger partial charge in [0.05, 0.1) is 12.1 Å². The minimum atomic E-state index is -0.875. The fourth-order valence-corrected chi connectivity index (χ4v) is 0. The van der Waals surface area contributed by atoms with Gasteiger partial charge in [0.25, 0.3) is 0 Å². The highest BCUT2D eigenvalue weighted by Gasteiger charge is 1.54. The predicted octanol–water partition coefficient (Wildman–Crippen LogP) is 0.959. The summed E-state index contributed by atoms with van der Waals surface area (Å²) in [5, 5.41) is 14.5. The average Bonchev–Trinajstić information content (AvgIpc) is 1.88. The van der Waals surface area contributed by atoms with Crippen molar-refractivity contribution in [1.82, 2.24) is 0 Å². The summed E-state index contributed by atoms with van der Waals surface area (Å²) >= 11 is 0. The van der Waals surface area contributed by atoms with Crippen molar-refractivity contribution in [2.45, 2.75) is 0 Å². The number of nitriles is 2. The second-order valence-electron chi connectivity index (χ2n) is 0.583. The third-order valence-corrected chi connectivity index (χ3v) is 0.120. The first kappa shape index (κ1) is 9.96. The van der Waals surface area contributed by atoms with Crippen LogP contribution in [0.5, 0.6) is 0 Å². The lowest BCUT2D eigenvalue weighted by molar-refractivity contribution is 0.569. The first-order valence-electron chi connectivity index (χ1n) is 1.69. The van der Waals surface area contributed by atoms with E-state index in [-0.39, 0.29) is 0 Å². The molecular formula is C4H4F2N2. The Labute approximate surface area is 46.0 Å². The first-order valence-corrected chi connectivity index (χ1v) is 1.69. The van der Waals surface area contributed by atoms with Crippen LogP contribution in [0.4, 0.5) is 8.78 Å². The van der Waals surface area contributed by atoms with E-state index in [0.717, 1.165) is 0 Å². The smallest absolute Gasteiger partial charge is 0.176 e. The predicted molar refractivity (Wildman–Crippen MR) is 23.2 cm³/mol. The van der Waals surface area contributed by atoms with Crippen LogP contribution in [0.15, 0.2) is 0 Å². The molecular weight excluding hydrogens is 114 g/mol. The van der Waals surface area contributed by atoms with E-state index in [0.29, 0.717) is 0 Å². The van der Waals surface area contributed by atoms with Crippen LogP contribution in [0.1, 0.15) is 0 Å². The van der Waals surface area contributed by atoms with Gasteiger partial charge in [-0.15, -0.1) is 0 Å². The second-order valence-corrected chi connectivity index (χ2v) is 0.583. The number of hydrogen-bond donors (Lipinski definition) is 0. The molecule has 0 heterocycles. The monoisotopic (exact) mass is 118 g/mol. The molecule has 0 atom stereocenters. The lowest BCUT2D eigenvalue weighted by Gasteiger charge is -1.44. The summed E-state index contributed by atoms with van der Waals surface area (Å²) in [6, 6.07) is 2.53. The topological polar surface area (TPSA) is 47.6 Å². The molecule has 0 unspecified atom stereocenters. The third kappa shape index (κ3) is 101. The van der Waals surface area contributed by atoms with Gasteiger partial charge in [-0.2, -0.15) is 10.5 Å². The molecule has 0 N–H and O–H groups in total. The molecule has 0 spiro atoms. The van der Waals surface area contributed by atoms with Gasteiger partial charge in [-0.3, -0.25) is 0 Å². The molecule has 0 aliphatic rings. The molecule has 0 aromatic rings. The van der Waals surface area contributed by atoms with Gasteiger partial charge in [0.2, 0.25) is 0 Å². The van der Waals surface area contributed by atoms with Gasteiger partial charge < -0.3 is 0 Å². The Morgan fingerprint density at radius 3 is 1.12 bits per heavy atom. The highest BCUT2D eigenvalue weighted by molar-refractivity contribution is 4.63. The van der Waals surface area contributed by atoms with Crippen molar-refractivity contribution in [2.75, 3.05) is 13.3 Å². The van der Waals surface area contributed by atoms with Crippen molar-refractivity contribution in [1.29, 1.82) is 10.5 Å². The summed E-state index contributed by atoms with van der Waals surface area (Å²) in [6.45, 7) is -1.75. The van der Waals surface area contributed by atoms with E-state index in [1.54, 1.807) is 0 Å². The number of hydrogen-bond acceptors (Lipinski definition) is 2. The summed E-state index contributed by atoms with van der Waals surface area (Å²) < 4.78 is 20.7. The van der Waals surface area contributed by atoms with Crippen molar-refractivity contribution < 1.29 is 8.78 Å². The second kappa shape index (κ2) is 17.0. The van der Waals surface area contributed by atoms with Gasteiger partial charge >= 0.3 is 0 Å².